The number of amides is 1. The van der Waals surface area contributed by atoms with Crippen molar-refractivity contribution in [2.24, 2.45) is 5.92 Å². The van der Waals surface area contributed by atoms with Crippen LogP contribution in [0, 0.1) is 11.7 Å². The Morgan fingerprint density at radius 1 is 1.07 bits per heavy atom. The van der Waals surface area contributed by atoms with Crippen LogP contribution < -0.4 is 5.32 Å². The number of nitrogens with one attached hydrogen (secondary N) is 1. The first-order valence-electron chi connectivity index (χ1n) is 10.6. The fourth-order valence-electron chi connectivity index (χ4n) is 4.13. The predicted molar refractivity (Wildman–Crippen MR) is 108 cm³/mol. The number of benzene rings is 1. The maximum atomic E-state index is 13.0. The fraction of sp³-hybridized carbons (Fsp3) is 0.522. The molecule has 2 aromatic rings. The molecule has 0 bridgehead atoms. The predicted octanol–water partition coefficient (Wildman–Crippen LogP) is 4.30. The van der Waals surface area contributed by atoms with E-state index >= 15 is 0 Å². The molecular formula is C23H29FN2O3. The highest BCUT2D eigenvalue weighted by Gasteiger charge is 2.23. The van der Waals surface area contributed by atoms with Crippen molar-refractivity contribution in [1.82, 2.24) is 10.2 Å². The fourth-order valence-corrected chi connectivity index (χ4v) is 4.13. The number of rotatable bonds is 6. The van der Waals surface area contributed by atoms with Crippen molar-refractivity contribution >= 4 is 5.91 Å². The zero-order valence-corrected chi connectivity index (χ0v) is 16.7. The van der Waals surface area contributed by atoms with Gasteiger partial charge in [-0.3, -0.25) is 9.69 Å². The normalized spacial score (nSPS) is 21.2. The van der Waals surface area contributed by atoms with Crippen molar-refractivity contribution in [3.8, 4) is 0 Å². The standard InChI is InChI=1S/C23H29FN2O3/c24-19-6-4-18(5-7-19)23(27)25-15-17-10-12-26(13-11-17)16-20-8-9-22(29-20)21-3-1-2-14-28-21/h4-9,17,21H,1-3,10-16H2,(H,25,27). The summed E-state index contributed by atoms with van der Waals surface area (Å²) in [6.45, 7) is 4.29. The highest BCUT2D eigenvalue weighted by Crippen LogP contribution is 2.29. The van der Waals surface area contributed by atoms with Gasteiger partial charge < -0.3 is 14.5 Å². The summed E-state index contributed by atoms with van der Waals surface area (Å²) in [6.07, 6.45) is 5.59. The number of halogens is 1. The van der Waals surface area contributed by atoms with Crippen LogP contribution >= 0.6 is 0 Å². The van der Waals surface area contributed by atoms with Crippen LogP contribution in [0.15, 0.2) is 40.8 Å². The number of carbonyl (C=O) groups is 1. The summed E-state index contributed by atoms with van der Waals surface area (Å²) in [5, 5.41) is 2.98. The lowest BCUT2D eigenvalue weighted by Gasteiger charge is -2.31. The maximum Gasteiger partial charge on any atom is 0.251 e. The van der Waals surface area contributed by atoms with Crippen molar-refractivity contribution in [2.75, 3.05) is 26.2 Å². The van der Waals surface area contributed by atoms with Gasteiger partial charge in [-0.05, 0) is 87.5 Å². The van der Waals surface area contributed by atoms with E-state index in [1.807, 2.05) is 0 Å². The molecule has 3 heterocycles. The number of hydrogen-bond acceptors (Lipinski definition) is 4. The zero-order chi connectivity index (χ0) is 20.1. The molecule has 2 aliphatic rings. The first-order chi connectivity index (χ1) is 14.2. The Labute approximate surface area is 171 Å². The summed E-state index contributed by atoms with van der Waals surface area (Å²) in [6, 6.07) is 9.79. The molecule has 0 spiro atoms. The molecule has 5 nitrogen and oxygen atoms in total. The molecule has 2 aliphatic heterocycles. The molecule has 1 unspecified atom stereocenters. The Bertz CT molecular complexity index is 791. The van der Waals surface area contributed by atoms with Crippen molar-refractivity contribution in [2.45, 2.75) is 44.8 Å². The third kappa shape index (κ3) is 5.46. The zero-order valence-electron chi connectivity index (χ0n) is 16.7. The Kier molecular flexibility index (Phi) is 6.62. The number of piperidine rings is 1. The summed E-state index contributed by atoms with van der Waals surface area (Å²) in [4.78, 5) is 14.6. The summed E-state index contributed by atoms with van der Waals surface area (Å²) in [5.41, 5.74) is 0.499. The van der Waals surface area contributed by atoms with Crippen molar-refractivity contribution in [3.63, 3.8) is 0 Å². The molecule has 2 fully saturated rings. The molecular weight excluding hydrogens is 371 g/mol. The van der Waals surface area contributed by atoms with E-state index in [1.165, 1.54) is 30.7 Å². The average molecular weight is 400 g/mol. The maximum absolute atomic E-state index is 13.0. The Morgan fingerprint density at radius 2 is 1.86 bits per heavy atom. The van der Waals surface area contributed by atoms with E-state index < -0.39 is 0 Å². The third-order valence-electron chi connectivity index (χ3n) is 5.92. The number of nitrogens with zero attached hydrogens (tertiary/aromatic N) is 1. The Balaban J connectivity index is 1.19. The van der Waals surface area contributed by atoms with Gasteiger partial charge in [-0.2, -0.15) is 0 Å². The number of ether oxygens (including phenoxy) is 1. The van der Waals surface area contributed by atoms with Crippen molar-refractivity contribution in [3.05, 3.63) is 59.3 Å². The van der Waals surface area contributed by atoms with Crippen LogP contribution in [-0.4, -0.2) is 37.0 Å². The van der Waals surface area contributed by atoms with Gasteiger partial charge in [0, 0.05) is 18.7 Å². The van der Waals surface area contributed by atoms with Gasteiger partial charge in [-0.1, -0.05) is 0 Å². The van der Waals surface area contributed by atoms with E-state index in [9.17, 15) is 9.18 Å². The van der Waals surface area contributed by atoms with Crippen LogP contribution in [0.1, 0.15) is 60.1 Å². The van der Waals surface area contributed by atoms with Gasteiger partial charge in [-0.15, -0.1) is 0 Å². The third-order valence-corrected chi connectivity index (χ3v) is 5.92. The average Bonchev–Trinajstić information content (AvgIpc) is 3.23. The van der Waals surface area contributed by atoms with Gasteiger partial charge in [0.25, 0.3) is 5.91 Å². The smallest absolute Gasteiger partial charge is 0.251 e. The monoisotopic (exact) mass is 400 g/mol. The molecule has 156 valence electrons. The lowest BCUT2D eigenvalue weighted by Crippen LogP contribution is -2.38. The summed E-state index contributed by atoms with van der Waals surface area (Å²) in [7, 11) is 0. The van der Waals surface area contributed by atoms with Gasteiger partial charge in [0.15, 0.2) is 0 Å². The summed E-state index contributed by atoms with van der Waals surface area (Å²) >= 11 is 0. The van der Waals surface area contributed by atoms with Crippen molar-refractivity contribution in [1.29, 1.82) is 0 Å². The molecule has 1 aromatic carbocycles. The van der Waals surface area contributed by atoms with Crippen LogP contribution in [0.4, 0.5) is 4.39 Å². The summed E-state index contributed by atoms with van der Waals surface area (Å²) in [5.74, 6) is 1.96. The highest BCUT2D eigenvalue weighted by atomic mass is 19.1. The van der Waals surface area contributed by atoms with E-state index in [4.69, 9.17) is 9.15 Å². The molecule has 6 heteroatoms. The first kappa shape index (κ1) is 20.1. The lowest BCUT2D eigenvalue weighted by molar-refractivity contribution is 0.000725. The molecule has 0 aliphatic carbocycles. The second-order valence-corrected chi connectivity index (χ2v) is 8.10. The lowest BCUT2D eigenvalue weighted by atomic mass is 9.96. The minimum absolute atomic E-state index is 0.118. The van der Waals surface area contributed by atoms with Crippen molar-refractivity contribution < 1.29 is 18.3 Å². The minimum atomic E-state index is -0.330. The first-order valence-corrected chi connectivity index (χ1v) is 10.6. The Hall–Kier alpha value is -2.18. The highest BCUT2D eigenvalue weighted by molar-refractivity contribution is 5.94. The molecule has 0 saturated carbocycles. The quantitative estimate of drug-likeness (QED) is 0.785. The molecule has 0 radical (unpaired) electrons. The van der Waals surface area contributed by atoms with E-state index in [0.29, 0.717) is 18.0 Å². The molecule has 2 saturated heterocycles. The molecule has 1 aromatic heterocycles. The molecule has 29 heavy (non-hydrogen) atoms. The molecule has 4 rings (SSSR count). The number of likely N-dealkylation sites (tertiary alicyclic amines) is 1. The Morgan fingerprint density at radius 3 is 2.59 bits per heavy atom. The van der Waals surface area contributed by atoms with E-state index in [2.05, 4.69) is 22.3 Å². The van der Waals surface area contributed by atoms with E-state index in [1.54, 1.807) is 0 Å². The van der Waals surface area contributed by atoms with Gasteiger partial charge >= 0.3 is 0 Å². The van der Waals surface area contributed by atoms with Gasteiger partial charge in [0.05, 0.1) is 6.54 Å². The number of furan rings is 1. The topological polar surface area (TPSA) is 54.7 Å². The number of hydrogen-bond donors (Lipinski definition) is 1. The minimum Gasteiger partial charge on any atom is -0.462 e. The van der Waals surface area contributed by atoms with Crippen LogP contribution in [-0.2, 0) is 11.3 Å². The van der Waals surface area contributed by atoms with Gasteiger partial charge in [0.2, 0.25) is 0 Å². The SMILES string of the molecule is O=C(NCC1CCN(Cc2ccc(C3CCCCO3)o2)CC1)c1ccc(F)cc1. The number of carbonyl (C=O) groups excluding carboxylic acids is 1. The van der Waals surface area contributed by atoms with Crippen LogP contribution in [0.2, 0.25) is 0 Å². The van der Waals surface area contributed by atoms with Crippen LogP contribution in [0.5, 0.6) is 0 Å². The molecule has 1 amide bonds. The van der Waals surface area contributed by atoms with E-state index in [0.717, 1.165) is 63.4 Å². The summed E-state index contributed by atoms with van der Waals surface area (Å²) < 4.78 is 24.8. The van der Waals surface area contributed by atoms with Gasteiger partial charge in [-0.25, -0.2) is 4.39 Å². The largest absolute Gasteiger partial charge is 0.462 e. The van der Waals surface area contributed by atoms with Gasteiger partial charge in [0.1, 0.15) is 23.4 Å². The van der Waals surface area contributed by atoms with Crippen LogP contribution in [0.3, 0.4) is 0 Å². The second kappa shape index (κ2) is 9.55. The van der Waals surface area contributed by atoms with Crippen LogP contribution in [0.25, 0.3) is 0 Å². The second-order valence-electron chi connectivity index (χ2n) is 8.10. The molecule has 1 atom stereocenters. The molecule has 1 N–H and O–H groups in total. The van der Waals surface area contributed by atoms with E-state index in [-0.39, 0.29) is 17.8 Å².